The second-order valence-electron chi connectivity index (χ2n) is 4.43. The molecule has 0 saturated carbocycles. The van der Waals surface area contributed by atoms with E-state index in [2.05, 4.69) is 18.7 Å². The van der Waals surface area contributed by atoms with E-state index in [1.807, 2.05) is 24.3 Å². The molecule has 1 atom stereocenters. The minimum Gasteiger partial charge on any atom is -0.463 e. The van der Waals surface area contributed by atoms with Crippen molar-refractivity contribution in [1.29, 1.82) is 0 Å². The van der Waals surface area contributed by atoms with Crippen molar-refractivity contribution in [2.24, 2.45) is 0 Å². The largest absolute Gasteiger partial charge is 0.463 e. The number of methoxy groups -OCH3 is 1. The molecular weight excluding hydrogens is 240 g/mol. The van der Waals surface area contributed by atoms with E-state index in [1.54, 1.807) is 14.0 Å². The predicted molar refractivity (Wildman–Crippen MR) is 74.6 cm³/mol. The molecule has 1 unspecified atom stereocenters. The Bertz CT molecular complexity index is 520. The first kappa shape index (κ1) is 13.6. The fraction of sp³-hybridized carbons (Fsp3) is 0.312. The Labute approximate surface area is 113 Å². The lowest BCUT2D eigenvalue weighted by atomic mass is 9.83. The highest BCUT2D eigenvalue weighted by Crippen LogP contribution is 2.34. The topological polar surface area (TPSA) is 35.5 Å². The van der Waals surface area contributed by atoms with Crippen LogP contribution in [0.2, 0.25) is 0 Å². The maximum atomic E-state index is 11.9. The minimum absolute atomic E-state index is 0.290. The number of fused-ring (bicyclic) bond motifs is 1. The SMILES string of the molecule is C=C(C(=O)OCC)C1(OC)C=CC2=CCC=CC2=C1. The molecule has 19 heavy (non-hydrogen) atoms. The second-order valence-corrected chi connectivity index (χ2v) is 4.43. The summed E-state index contributed by atoms with van der Waals surface area (Å²) in [7, 11) is 1.56. The van der Waals surface area contributed by atoms with Crippen molar-refractivity contribution >= 4 is 5.97 Å². The van der Waals surface area contributed by atoms with Gasteiger partial charge in [0.2, 0.25) is 0 Å². The molecule has 0 aromatic rings. The first-order valence-electron chi connectivity index (χ1n) is 6.34. The van der Waals surface area contributed by atoms with Crippen molar-refractivity contribution in [2.75, 3.05) is 13.7 Å². The summed E-state index contributed by atoms with van der Waals surface area (Å²) in [4.78, 5) is 11.9. The zero-order valence-corrected chi connectivity index (χ0v) is 11.3. The third-order valence-corrected chi connectivity index (χ3v) is 3.32. The molecule has 0 radical (unpaired) electrons. The van der Waals surface area contributed by atoms with Crippen LogP contribution in [-0.2, 0) is 14.3 Å². The fourth-order valence-corrected chi connectivity index (χ4v) is 2.21. The zero-order chi connectivity index (χ0) is 13.9. The van der Waals surface area contributed by atoms with Crippen LogP contribution in [-0.4, -0.2) is 25.3 Å². The highest BCUT2D eigenvalue weighted by atomic mass is 16.5. The van der Waals surface area contributed by atoms with Crippen LogP contribution in [0.15, 0.2) is 59.8 Å². The van der Waals surface area contributed by atoms with Gasteiger partial charge >= 0.3 is 5.97 Å². The minimum atomic E-state index is -0.916. The van der Waals surface area contributed by atoms with E-state index in [1.165, 1.54) is 0 Å². The molecule has 0 amide bonds. The Morgan fingerprint density at radius 2 is 2.21 bits per heavy atom. The van der Waals surface area contributed by atoms with Gasteiger partial charge in [0.1, 0.15) is 5.60 Å². The van der Waals surface area contributed by atoms with Gasteiger partial charge in [0, 0.05) is 7.11 Å². The highest BCUT2D eigenvalue weighted by molar-refractivity contribution is 5.92. The monoisotopic (exact) mass is 258 g/mol. The van der Waals surface area contributed by atoms with Gasteiger partial charge in [-0.05, 0) is 36.6 Å². The smallest absolute Gasteiger partial charge is 0.337 e. The predicted octanol–water partition coefficient (Wildman–Crippen LogP) is 2.87. The van der Waals surface area contributed by atoms with E-state index < -0.39 is 11.6 Å². The van der Waals surface area contributed by atoms with E-state index in [-0.39, 0.29) is 0 Å². The maximum absolute atomic E-state index is 11.9. The third kappa shape index (κ3) is 2.47. The highest BCUT2D eigenvalue weighted by Gasteiger charge is 2.36. The van der Waals surface area contributed by atoms with Gasteiger partial charge in [-0.3, -0.25) is 0 Å². The number of allylic oxidation sites excluding steroid dienone is 6. The van der Waals surface area contributed by atoms with Crippen molar-refractivity contribution in [3.63, 3.8) is 0 Å². The van der Waals surface area contributed by atoms with Crippen molar-refractivity contribution in [3.05, 3.63) is 59.8 Å². The Morgan fingerprint density at radius 1 is 1.42 bits per heavy atom. The molecule has 0 aliphatic heterocycles. The average Bonchev–Trinajstić information content (AvgIpc) is 2.46. The summed E-state index contributed by atoms with van der Waals surface area (Å²) in [6.07, 6.45) is 12.9. The summed E-state index contributed by atoms with van der Waals surface area (Å²) in [5, 5.41) is 0. The molecule has 0 saturated heterocycles. The molecule has 0 N–H and O–H groups in total. The Kier molecular flexibility index (Phi) is 3.86. The first-order chi connectivity index (χ1) is 9.13. The van der Waals surface area contributed by atoms with Gasteiger partial charge < -0.3 is 9.47 Å². The molecule has 3 nitrogen and oxygen atoms in total. The first-order valence-corrected chi connectivity index (χ1v) is 6.34. The van der Waals surface area contributed by atoms with Crippen LogP contribution in [0.5, 0.6) is 0 Å². The lowest BCUT2D eigenvalue weighted by Crippen LogP contribution is -2.35. The van der Waals surface area contributed by atoms with Crippen LogP contribution in [0, 0.1) is 0 Å². The van der Waals surface area contributed by atoms with Crippen LogP contribution in [0.3, 0.4) is 0 Å². The number of hydrogen-bond acceptors (Lipinski definition) is 3. The summed E-state index contributed by atoms with van der Waals surface area (Å²) in [5.74, 6) is -0.432. The normalized spacial score (nSPS) is 24.3. The van der Waals surface area contributed by atoms with Crippen LogP contribution < -0.4 is 0 Å². The van der Waals surface area contributed by atoms with Crippen molar-refractivity contribution in [2.45, 2.75) is 18.9 Å². The summed E-state index contributed by atoms with van der Waals surface area (Å²) in [6.45, 7) is 5.93. The summed E-state index contributed by atoms with van der Waals surface area (Å²) < 4.78 is 10.5. The lowest BCUT2D eigenvalue weighted by Gasteiger charge is -2.31. The van der Waals surface area contributed by atoms with Crippen molar-refractivity contribution in [1.82, 2.24) is 0 Å². The summed E-state index contributed by atoms with van der Waals surface area (Å²) in [6, 6.07) is 0. The number of esters is 1. The van der Waals surface area contributed by atoms with Crippen molar-refractivity contribution < 1.29 is 14.3 Å². The lowest BCUT2D eigenvalue weighted by molar-refractivity contribution is -0.140. The Hall–Kier alpha value is -1.87. The standard InChI is InChI=1S/C16H18O3/c1-4-19-15(17)12(2)16(18-3)10-9-13-7-5-6-8-14(13)11-16/h6-11H,2,4-5H2,1,3H3. The summed E-state index contributed by atoms with van der Waals surface area (Å²) >= 11 is 0. The number of hydrogen-bond donors (Lipinski definition) is 0. The van der Waals surface area contributed by atoms with Crippen LogP contribution >= 0.6 is 0 Å². The molecule has 0 heterocycles. The third-order valence-electron chi connectivity index (χ3n) is 3.32. The van der Waals surface area contributed by atoms with E-state index in [0.717, 1.165) is 17.6 Å². The van der Waals surface area contributed by atoms with Crippen LogP contribution in [0.1, 0.15) is 13.3 Å². The summed E-state index contributed by atoms with van der Waals surface area (Å²) in [5.41, 5.74) is 1.56. The zero-order valence-electron chi connectivity index (χ0n) is 11.3. The molecular formula is C16H18O3. The number of rotatable bonds is 4. The molecule has 0 fully saturated rings. The molecule has 0 spiro atoms. The molecule has 0 aromatic heterocycles. The number of carbonyl (C=O) groups excluding carboxylic acids is 1. The Morgan fingerprint density at radius 3 is 2.89 bits per heavy atom. The van der Waals surface area contributed by atoms with E-state index >= 15 is 0 Å². The fourth-order valence-electron chi connectivity index (χ4n) is 2.21. The molecule has 3 heteroatoms. The quantitative estimate of drug-likeness (QED) is 0.574. The average molecular weight is 258 g/mol. The van der Waals surface area contributed by atoms with E-state index in [0.29, 0.717) is 12.2 Å². The molecule has 0 aromatic carbocycles. The maximum Gasteiger partial charge on any atom is 0.337 e. The Balaban J connectivity index is 2.34. The van der Waals surface area contributed by atoms with Crippen molar-refractivity contribution in [3.8, 4) is 0 Å². The van der Waals surface area contributed by atoms with Gasteiger partial charge in [-0.25, -0.2) is 4.79 Å². The van der Waals surface area contributed by atoms with Crippen LogP contribution in [0.25, 0.3) is 0 Å². The van der Waals surface area contributed by atoms with Gasteiger partial charge in [-0.15, -0.1) is 0 Å². The molecule has 2 rings (SSSR count). The van der Waals surface area contributed by atoms with Gasteiger partial charge in [0.05, 0.1) is 12.2 Å². The van der Waals surface area contributed by atoms with E-state index in [4.69, 9.17) is 9.47 Å². The van der Waals surface area contributed by atoms with Gasteiger partial charge in [0.25, 0.3) is 0 Å². The molecule has 0 bridgehead atoms. The molecule has 100 valence electrons. The van der Waals surface area contributed by atoms with Gasteiger partial charge in [0.15, 0.2) is 0 Å². The molecule has 2 aliphatic rings. The molecule has 2 aliphatic carbocycles. The number of carbonyl (C=O) groups is 1. The van der Waals surface area contributed by atoms with E-state index in [9.17, 15) is 4.79 Å². The van der Waals surface area contributed by atoms with Gasteiger partial charge in [-0.2, -0.15) is 0 Å². The van der Waals surface area contributed by atoms with Gasteiger partial charge in [-0.1, -0.05) is 30.9 Å². The second kappa shape index (κ2) is 5.41. The van der Waals surface area contributed by atoms with Crippen LogP contribution in [0.4, 0.5) is 0 Å². The number of ether oxygens (including phenoxy) is 2.